The van der Waals surface area contributed by atoms with Gasteiger partial charge in [0.1, 0.15) is 5.83 Å². The second-order valence-corrected chi connectivity index (χ2v) is 9.48. The number of allylic oxidation sites excluding steroid dienone is 5. The molecule has 0 amide bonds. The number of fused-ring (bicyclic) bond motifs is 1. The molecule has 0 bridgehead atoms. The van der Waals surface area contributed by atoms with Crippen LogP contribution in [0.25, 0.3) is 11.0 Å². The first kappa shape index (κ1) is 29.5. The van der Waals surface area contributed by atoms with Crippen LogP contribution in [0.3, 0.4) is 0 Å². The molecule has 0 aliphatic heterocycles. The van der Waals surface area contributed by atoms with Crippen molar-refractivity contribution < 1.29 is 4.39 Å². The van der Waals surface area contributed by atoms with Gasteiger partial charge in [0, 0.05) is 35.7 Å². The van der Waals surface area contributed by atoms with Gasteiger partial charge >= 0.3 is 0 Å². The molecule has 2 aromatic rings. The van der Waals surface area contributed by atoms with Gasteiger partial charge in [-0.05, 0) is 76.6 Å². The SMILES string of the molecule is CC[C@@H](C)CC(C)(N)CC.C\C=C(NCc1ccc2nccnc2c1)/C(C)=C(F)\C=C(/C)CC. The number of nitrogens with zero attached hydrogens (tertiary/aromatic N) is 2. The summed E-state index contributed by atoms with van der Waals surface area (Å²) in [5.74, 6) is 0.578. The Bertz CT molecular complexity index is 989. The van der Waals surface area contributed by atoms with Crippen LogP contribution in [-0.2, 0) is 6.54 Å². The molecule has 1 aromatic heterocycles. The van der Waals surface area contributed by atoms with Gasteiger partial charge in [-0.15, -0.1) is 0 Å². The fourth-order valence-corrected chi connectivity index (χ4v) is 3.41. The van der Waals surface area contributed by atoms with E-state index in [9.17, 15) is 4.39 Å². The van der Waals surface area contributed by atoms with Crippen LogP contribution in [0.4, 0.5) is 4.39 Å². The molecule has 0 radical (unpaired) electrons. The number of rotatable bonds is 10. The van der Waals surface area contributed by atoms with Crippen molar-refractivity contribution in [2.24, 2.45) is 11.7 Å². The summed E-state index contributed by atoms with van der Waals surface area (Å²) in [6.07, 6.45) is 11.2. The summed E-state index contributed by atoms with van der Waals surface area (Å²) in [5, 5.41) is 3.31. The summed E-state index contributed by atoms with van der Waals surface area (Å²) < 4.78 is 14.3. The summed E-state index contributed by atoms with van der Waals surface area (Å²) in [7, 11) is 0. The van der Waals surface area contributed by atoms with E-state index in [2.05, 4.69) is 43.0 Å². The van der Waals surface area contributed by atoms with Crippen molar-refractivity contribution in [2.75, 3.05) is 0 Å². The number of hydrogen-bond acceptors (Lipinski definition) is 4. The van der Waals surface area contributed by atoms with Crippen molar-refractivity contribution in [1.82, 2.24) is 15.3 Å². The van der Waals surface area contributed by atoms with Gasteiger partial charge in [-0.2, -0.15) is 0 Å². The molecule has 0 aliphatic carbocycles. The summed E-state index contributed by atoms with van der Waals surface area (Å²) in [6, 6.07) is 5.96. The molecule has 5 heteroatoms. The lowest BCUT2D eigenvalue weighted by Crippen LogP contribution is -2.36. The number of halogens is 1. The van der Waals surface area contributed by atoms with Crippen molar-refractivity contribution in [3.05, 3.63) is 71.0 Å². The molecule has 34 heavy (non-hydrogen) atoms. The fourth-order valence-electron chi connectivity index (χ4n) is 3.41. The Labute approximate surface area is 206 Å². The predicted molar refractivity (Wildman–Crippen MR) is 145 cm³/mol. The first-order valence-electron chi connectivity index (χ1n) is 12.5. The van der Waals surface area contributed by atoms with E-state index in [1.165, 1.54) is 6.42 Å². The van der Waals surface area contributed by atoms with Crippen LogP contribution in [0, 0.1) is 5.92 Å². The van der Waals surface area contributed by atoms with Gasteiger partial charge in [-0.3, -0.25) is 9.97 Å². The smallest absolute Gasteiger partial charge is 0.128 e. The van der Waals surface area contributed by atoms with E-state index in [0.29, 0.717) is 12.1 Å². The minimum Gasteiger partial charge on any atom is -0.381 e. The van der Waals surface area contributed by atoms with Crippen LogP contribution in [-0.4, -0.2) is 15.5 Å². The van der Waals surface area contributed by atoms with E-state index >= 15 is 0 Å². The maximum atomic E-state index is 14.3. The van der Waals surface area contributed by atoms with Crippen molar-refractivity contribution in [2.45, 2.75) is 93.2 Å². The van der Waals surface area contributed by atoms with Crippen LogP contribution < -0.4 is 11.1 Å². The zero-order chi connectivity index (χ0) is 25.7. The molecular weight excluding hydrogens is 423 g/mol. The van der Waals surface area contributed by atoms with Gasteiger partial charge in [-0.1, -0.05) is 51.8 Å². The van der Waals surface area contributed by atoms with Crippen LogP contribution in [0.15, 0.2) is 65.4 Å². The zero-order valence-corrected chi connectivity index (χ0v) is 22.5. The Morgan fingerprint density at radius 3 is 2.35 bits per heavy atom. The highest BCUT2D eigenvalue weighted by Crippen LogP contribution is 2.20. The van der Waals surface area contributed by atoms with Gasteiger partial charge in [-0.25, -0.2) is 4.39 Å². The molecular formula is C29H45FN4. The van der Waals surface area contributed by atoms with E-state index < -0.39 is 0 Å². The Kier molecular flexibility index (Phi) is 12.7. The van der Waals surface area contributed by atoms with Gasteiger partial charge in [0.25, 0.3) is 0 Å². The molecule has 1 unspecified atom stereocenters. The highest BCUT2D eigenvalue weighted by molar-refractivity contribution is 5.74. The standard InChI is InChI=1S/C20H24FN3.C9H21N/c1-5-14(3)11-17(21)15(4)18(6-2)24-13-16-7-8-19-20(12-16)23-10-9-22-19;1-5-8(3)7-9(4,10)6-2/h6-12,24H,5,13H2,1-4H3;8H,5-7,10H2,1-4H3/b14-11+,17-15+,18-6+;/t;8-,9?/m.1/s1. The molecule has 2 rings (SSSR count). The minimum absolute atomic E-state index is 0.0649. The number of nitrogens with two attached hydrogens (primary N) is 1. The number of aromatic nitrogens is 2. The molecule has 1 heterocycles. The Morgan fingerprint density at radius 1 is 1.15 bits per heavy atom. The van der Waals surface area contributed by atoms with Crippen molar-refractivity contribution in [3.8, 4) is 0 Å². The Morgan fingerprint density at radius 2 is 1.79 bits per heavy atom. The van der Waals surface area contributed by atoms with Crippen LogP contribution >= 0.6 is 0 Å². The first-order chi connectivity index (χ1) is 16.1. The second kappa shape index (κ2) is 14.7. The quantitative estimate of drug-likeness (QED) is 0.350. The highest BCUT2D eigenvalue weighted by atomic mass is 19.1. The monoisotopic (exact) mass is 468 g/mol. The fraction of sp³-hybridized carbons (Fsp3) is 0.517. The van der Waals surface area contributed by atoms with Gasteiger partial charge in [0.15, 0.2) is 0 Å². The molecule has 2 atom stereocenters. The number of nitrogens with one attached hydrogen (secondary N) is 1. The Balaban J connectivity index is 0.000000489. The summed E-state index contributed by atoms with van der Waals surface area (Å²) in [4.78, 5) is 8.58. The van der Waals surface area contributed by atoms with E-state index in [1.54, 1.807) is 25.4 Å². The third-order valence-electron chi connectivity index (χ3n) is 6.32. The molecule has 3 N–H and O–H groups in total. The zero-order valence-electron chi connectivity index (χ0n) is 22.5. The topological polar surface area (TPSA) is 63.8 Å². The van der Waals surface area contributed by atoms with Crippen LogP contribution in [0.5, 0.6) is 0 Å². The average molecular weight is 469 g/mol. The first-order valence-corrected chi connectivity index (χ1v) is 12.5. The number of benzene rings is 1. The molecule has 0 saturated carbocycles. The van der Waals surface area contributed by atoms with Gasteiger partial charge < -0.3 is 11.1 Å². The largest absolute Gasteiger partial charge is 0.381 e. The van der Waals surface area contributed by atoms with Crippen molar-refractivity contribution in [3.63, 3.8) is 0 Å². The lowest BCUT2D eigenvalue weighted by Gasteiger charge is -2.25. The van der Waals surface area contributed by atoms with Crippen molar-refractivity contribution >= 4 is 11.0 Å². The molecule has 0 saturated heterocycles. The lowest BCUT2D eigenvalue weighted by atomic mass is 9.87. The second-order valence-electron chi connectivity index (χ2n) is 9.48. The molecule has 188 valence electrons. The summed E-state index contributed by atoms with van der Waals surface area (Å²) >= 11 is 0. The molecule has 0 aliphatic rings. The van der Waals surface area contributed by atoms with Gasteiger partial charge in [0.05, 0.1) is 11.0 Å². The maximum Gasteiger partial charge on any atom is 0.128 e. The van der Waals surface area contributed by atoms with E-state index in [1.807, 2.05) is 45.0 Å². The van der Waals surface area contributed by atoms with E-state index in [0.717, 1.165) is 53.0 Å². The molecule has 4 nitrogen and oxygen atoms in total. The predicted octanol–water partition coefficient (Wildman–Crippen LogP) is 7.77. The lowest BCUT2D eigenvalue weighted by molar-refractivity contribution is 0.339. The molecule has 1 aromatic carbocycles. The van der Waals surface area contributed by atoms with E-state index in [4.69, 9.17) is 5.73 Å². The third kappa shape index (κ3) is 10.2. The van der Waals surface area contributed by atoms with Crippen molar-refractivity contribution in [1.29, 1.82) is 0 Å². The third-order valence-corrected chi connectivity index (χ3v) is 6.32. The Hall–Kier alpha value is -2.53. The van der Waals surface area contributed by atoms with Gasteiger partial charge in [0.2, 0.25) is 0 Å². The summed E-state index contributed by atoms with van der Waals surface area (Å²) in [6.45, 7) is 17.0. The normalized spacial score (nSPS) is 15.7. The summed E-state index contributed by atoms with van der Waals surface area (Å²) in [5.41, 5.74) is 11.3. The highest BCUT2D eigenvalue weighted by Gasteiger charge is 2.17. The van der Waals surface area contributed by atoms with E-state index in [-0.39, 0.29) is 11.4 Å². The number of hydrogen-bond donors (Lipinski definition) is 2. The minimum atomic E-state index is -0.195. The maximum absolute atomic E-state index is 14.3. The van der Waals surface area contributed by atoms with Crippen LogP contribution in [0.2, 0.25) is 0 Å². The van der Waals surface area contributed by atoms with Crippen LogP contribution in [0.1, 0.15) is 86.6 Å². The average Bonchev–Trinajstić information content (AvgIpc) is 2.84. The molecule has 0 fully saturated rings. The molecule has 0 spiro atoms.